The van der Waals surface area contributed by atoms with Crippen molar-refractivity contribution in [1.82, 2.24) is 10.2 Å². The number of aryl methyl sites for hydroxylation is 1. The highest BCUT2D eigenvalue weighted by atomic mass is 16.5. The number of hydrogen-bond donors (Lipinski definition) is 1. The number of nitrogens with zero attached hydrogens (tertiary/aromatic N) is 1. The fourth-order valence-corrected chi connectivity index (χ4v) is 5.38. The van der Waals surface area contributed by atoms with Crippen LogP contribution in [0.1, 0.15) is 71.8 Å². The average Bonchev–Trinajstić information content (AvgIpc) is 3.46. The standard InChI is InChI=1S/C27H38N2O5/c1-19(30)34-18-24(32)27(23(31)14-8-12-20-10-6-5-7-11-20)16-15-22(26(2,3)4)29(27)25(33)21-13-9-17-28-21/h5-7,10-11,21-22,28H,8-9,12-18H2,1-4H3/t21-,22+,27-/m0/s1. The molecule has 186 valence electrons. The van der Waals surface area contributed by atoms with Gasteiger partial charge in [0.05, 0.1) is 6.04 Å². The molecule has 1 amide bonds. The SMILES string of the molecule is CC(=O)OCC(=O)[C@@]1(C(=O)CCCc2ccccc2)CC[C@H](C(C)(C)C)N1C(=O)[C@@H]1CCCN1. The Labute approximate surface area is 202 Å². The van der Waals surface area contributed by atoms with Gasteiger partial charge in [-0.15, -0.1) is 0 Å². The summed E-state index contributed by atoms with van der Waals surface area (Å²) in [6.45, 7) is 7.58. The Morgan fingerprint density at radius 3 is 2.38 bits per heavy atom. The maximum atomic E-state index is 13.9. The van der Waals surface area contributed by atoms with Gasteiger partial charge < -0.3 is 15.0 Å². The normalized spacial score (nSPS) is 24.8. The maximum absolute atomic E-state index is 13.9. The highest BCUT2D eigenvalue weighted by molar-refractivity contribution is 6.15. The Morgan fingerprint density at radius 1 is 1.09 bits per heavy atom. The molecule has 1 N–H and O–H groups in total. The smallest absolute Gasteiger partial charge is 0.303 e. The monoisotopic (exact) mass is 470 g/mol. The molecule has 3 rings (SSSR count). The molecule has 0 spiro atoms. The number of likely N-dealkylation sites (tertiary alicyclic amines) is 1. The van der Waals surface area contributed by atoms with Gasteiger partial charge in [-0.3, -0.25) is 19.2 Å². The minimum Gasteiger partial charge on any atom is -0.458 e. The number of carbonyl (C=O) groups excluding carboxylic acids is 4. The lowest BCUT2D eigenvalue weighted by Gasteiger charge is -2.44. The summed E-state index contributed by atoms with van der Waals surface area (Å²) in [6, 6.07) is 9.23. The molecule has 0 saturated carbocycles. The molecule has 0 aliphatic carbocycles. The predicted molar refractivity (Wildman–Crippen MR) is 129 cm³/mol. The molecule has 1 aromatic carbocycles. The number of ketones is 2. The van der Waals surface area contributed by atoms with E-state index in [0.29, 0.717) is 25.7 Å². The molecule has 7 nitrogen and oxygen atoms in total. The molecule has 34 heavy (non-hydrogen) atoms. The number of nitrogens with one attached hydrogen (secondary N) is 1. The number of benzene rings is 1. The number of hydrogen-bond acceptors (Lipinski definition) is 6. The topological polar surface area (TPSA) is 92.8 Å². The van der Waals surface area contributed by atoms with Gasteiger partial charge in [-0.05, 0) is 56.0 Å². The van der Waals surface area contributed by atoms with Gasteiger partial charge in [0.15, 0.2) is 17.9 Å². The van der Waals surface area contributed by atoms with Crippen LogP contribution in [0.15, 0.2) is 30.3 Å². The second kappa shape index (κ2) is 10.8. The van der Waals surface area contributed by atoms with Gasteiger partial charge in [-0.2, -0.15) is 0 Å². The van der Waals surface area contributed by atoms with Crippen LogP contribution in [0.2, 0.25) is 0 Å². The zero-order valence-corrected chi connectivity index (χ0v) is 20.9. The molecule has 2 aliphatic heterocycles. The highest BCUT2D eigenvalue weighted by Gasteiger charge is 2.60. The van der Waals surface area contributed by atoms with Gasteiger partial charge in [0.25, 0.3) is 0 Å². The summed E-state index contributed by atoms with van der Waals surface area (Å²) < 4.78 is 5.05. The van der Waals surface area contributed by atoms with Crippen LogP contribution < -0.4 is 5.32 Å². The zero-order chi connectivity index (χ0) is 24.9. The molecule has 0 bridgehead atoms. The lowest BCUT2D eigenvalue weighted by Crippen LogP contribution is -2.65. The van der Waals surface area contributed by atoms with Crippen LogP contribution >= 0.6 is 0 Å². The van der Waals surface area contributed by atoms with E-state index < -0.39 is 29.9 Å². The number of esters is 1. The summed E-state index contributed by atoms with van der Waals surface area (Å²) in [5.41, 5.74) is -0.786. The van der Waals surface area contributed by atoms with Gasteiger partial charge in [0.2, 0.25) is 11.7 Å². The Morgan fingerprint density at radius 2 is 1.79 bits per heavy atom. The van der Waals surface area contributed by atoms with Crippen LogP contribution in [0.4, 0.5) is 0 Å². The molecule has 0 radical (unpaired) electrons. The van der Waals surface area contributed by atoms with Gasteiger partial charge in [-0.25, -0.2) is 0 Å². The Kier molecular flexibility index (Phi) is 8.29. The first-order valence-electron chi connectivity index (χ1n) is 12.4. The van der Waals surface area contributed by atoms with Crippen molar-refractivity contribution in [3.63, 3.8) is 0 Å². The molecule has 2 aliphatic rings. The molecule has 7 heteroatoms. The van der Waals surface area contributed by atoms with Crippen LogP contribution in [0.25, 0.3) is 0 Å². The van der Waals surface area contributed by atoms with Crippen molar-refractivity contribution >= 4 is 23.4 Å². The van der Waals surface area contributed by atoms with Crippen LogP contribution in [0, 0.1) is 5.41 Å². The van der Waals surface area contributed by atoms with Crippen LogP contribution in [-0.4, -0.2) is 59.1 Å². The number of ether oxygens (including phenoxy) is 1. The Balaban J connectivity index is 1.93. The first-order chi connectivity index (χ1) is 16.1. The number of rotatable bonds is 9. The summed E-state index contributed by atoms with van der Waals surface area (Å²) in [6.07, 6.45) is 3.85. The number of carbonyl (C=O) groups is 4. The van der Waals surface area contributed by atoms with E-state index in [1.165, 1.54) is 6.92 Å². The first-order valence-corrected chi connectivity index (χ1v) is 12.4. The molecule has 1 aromatic rings. The third-order valence-corrected chi connectivity index (χ3v) is 7.14. The Bertz CT molecular complexity index is 901. The summed E-state index contributed by atoms with van der Waals surface area (Å²) in [5, 5.41) is 3.24. The molecular weight excluding hydrogens is 432 g/mol. The van der Waals surface area contributed by atoms with Crippen LogP contribution in [0.5, 0.6) is 0 Å². The molecule has 2 heterocycles. The van der Waals surface area contributed by atoms with Crippen molar-refractivity contribution in [1.29, 1.82) is 0 Å². The fraction of sp³-hybridized carbons (Fsp3) is 0.630. The lowest BCUT2D eigenvalue weighted by atomic mass is 9.83. The van der Waals surface area contributed by atoms with Crippen molar-refractivity contribution in [2.75, 3.05) is 13.2 Å². The van der Waals surface area contributed by atoms with Gasteiger partial charge in [0, 0.05) is 19.4 Å². The van der Waals surface area contributed by atoms with E-state index in [1.54, 1.807) is 4.90 Å². The van der Waals surface area contributed by atoms with Crippen molar-refractivity contribution < 1.29 is 23.9 Å². The summed E-state index contributed by atoms with van der Waals surface area (Å²) in [7, 11) is 0. The van der Waals surface area contributed by atoms with E-state index in [0.717, 1.165) is 18.5 Å². The minimum absolute atomic E-state index is 0.180. The van der Waals surface area contributed by atoms with Crippen molar-refractivity contribution in [2.45, 2.75) is 90.3 Å². The van der Waals surface area contributed by atoms with E-state index >= 15 is 0 Å². The van der Waals surface area contributed by atoms with Gasteiger partial charge >= 0.3 is 5.97 Å². The molecule has 3 atom stereocenters. The number of Topliss-reactive ketones (excluding diaryl/α,β-unsaturated/α-hetero) is 2. The van der Waals surface area contributed by atoms with E-state index in [9.17, 15) is 19.2 Å². The van der Waals surface area contributed by atoms with E-state index in [2.05, 4.69) is 5.32 Å². The van der Waals surface area contributed by atoms with Crippen molar-refractivity contribution in [3.05, 3.63) is 35.9 Å². The Hall–Kier alpha value is -2.54. The van der Waals surface area contributed by atoms with E-state index in [-0.39, 0.29) is 36.0 Å². The van der Waals surface area contributed by atoms with E-state index in [4.69, 9.17) is 4.74 Å². The predicted octanol–water partition coefficient (Wildman–Crippen LogP) is 3.24. The van der Waals surface area contributed by atoms with E-state index in [1.807, 2.05) is 51.1 Å². The van der Waals surface area contributed by atoms with Crippen molar-refractivity contribution in [2.24, 2.45) is 5.41 Å². The lowest BCUT2D eigenvalue weighted by molar-refractivity contribution is -0.160. The zero-order valence-electron chi connectivity index (χ0n) is 20.9. The molecule has 0 aromatic heterocycles. The average molecular weight is 471 g/mol. The third kappa shape index (κ3) is 5.57. The second-order valence-corrected chi connectivity index (χ2v) is 10.6. The first kappa shape index (κ1) is 26.1. The summed E-state index contributed by atoms with van der Waals surface area (Å²) >= 11 is 0. The maximum Gasteiger partial charge on any atom is 0.303 e. The summed E-state index contributed by atoms with van der Waals surface area (Å²) in [4.78, 5) is 54.4. The quantitative estimate of drug-likeness (QED) is 0.440. The van der Waals surface area contributed by atoms with Crippen molar-refractivity contribution in [3.8, 4) is 0 Å². The molecular formula is C27H38N2O5. The molecule has 2 saturated heterocycles. The third-order valence-electron chi connectivity index (χ3n) is 7.14. The van der Waals surface area contributed by atoms with Gasteiger partial charge in [-0.1, -0.05) is 51.1 Å². The largest absolute Gasteiger partial charge is 0.458 e. The summed E-state index contributed by atoms with van der Waals surface area (Å²) in [5.74, 6) is -1.52. The van der Waals surface area contributed by atoms with Crippen LogP contribution in [0.3, 0.4) is 0 Å². The van der Waals surface area contributed by atoms with Crippen LogP contribution in [-0.2, 0) is 30.3 Å². The highest BCUT2D eigenvalue weighted by Crippen LogP contribution is 2.44. The second-order valence-electron chi connectivity index (χ2n) is 10.6. The molecule has 2 fully saturated rings. The molecule has 0 unspecified atom stereocenters. The minimum atomic E-state index is -1.59. The van der Waals surface area contributed by atoms with Gasteiger partial charge in [0.1, 0.15) is 0 Å². The number of amides is 1. The fourth-order valence-electron chi connectivity index (χ4n) is 5.38.